The van der Waals surface area contributed by atoms with Crippen molar-refractivity contribution in [2.75, 3.05) is 7.11 Å². The molecular weight excluding hydrogens is 706 g/mol. The van der Waals surface area contributed by atoms with E-state index in [1.807, 2.05) is 91.0 Å². The maximum atomic E-state index is 12.3. The summed E-state index contributed by atoms with van der Waals surface area (Å²) in [4.78, 5) is 33.5. The van der Waals surface area contributed by atoms with Gasteiger partial charge < -0.3 is 14.7 Å². The molecule has 0 saturated carbocycles. The summed E-state index contributed by atoms with van der Waals surface area (Å²) < 4.78 is 4.97. The summed E-state index contributed by atoms with van der Waals surface area (Å²) in [6.07, 6.45) is 8.22. The van der Waals surface area contributed by atoms with Crippen LogP contribution in [0.25, 0.3) is 90.9 Å². The quantitative estimate of drug-likeness (QED) is 0.129. The molecule has 53 heavy (non-hydrogen) atoms. The second-order valence-electron chi connectivity index (χ2n) is 12.5. The van der Waals surface area contributed by atoms with E-state index in [-0.39, 0.29) is 19.5 Å². The van der Waals surface area contributed by atoms with E-state index in [0.29, 0.717) is 5.56 Å². The van der Waals surface area contributed by atoms with Crippen LogP contribution in [0.5, 0.6) is 0 Å². The number of ether oxygens (including phenoxy) is 1. The predicted octanol–water partition coefficient (Wildman–Crippen LogP) is 10.4. The Balaban J connectivity index is 0.00000400. The fraction of sp³-hybridized carbons (Fsp3) is 0.0217. The SMILES string of the molecule is COC(=O)c1ccc(-c2c3nc(c(-c4ccccc4)c4ccc([n-]4)c(-c4ccccc4)c4nc(c(-c5ccccc5)c5ccc2[n-]5)C=C4)C=C3)cc1.[Zn+2]. The average Bonchev–Trinajstić information content (AvgIpc) is 4.04. The first-order valence-corrected chi connectivity index (χ1v) is 17.1. The molecule has 3 aromatic heterocycles. The zero-order chi connectivity index (χ0) is 35.0. The maximum Gasteiger partial charge on any atom is 2.00 e. The van der Waals surface area contributed by atoms with Crippen molar-refractivity contribution in [2.24, 2.45) is 0 Å². The van der Waals surface area contributed by atoms with Crippen molar-refractivity contribution < 1.29 is 29.0 Å². The van der Waals surface area contributed by atoms with Crippen LogP contribution in [0, 0.1) is 0 Å². The number of fused-ring (bicyclic) bond motifs is 8. The van der Waals surface area contributed by atoms with Crippen LogP contribution >= 0.6 is 0 Å². The van der Waals surface area contributed by atoms with E-state index < -0.39 is 5.97 Å². The van der Waals surface area contributed by atoms with Crippen LogP contribution in [-0.2, 0) is 24.2 Å². The number of hydrogen-bond donors (Lipinski definition) is 0. The van der Waals surface area contributed by atoms with Gasteiger partial charge in [0.1, 0.15) is 0 Å². The van der Waals surface area contributed by atoms with Crippen LogP contribution in [0.1, 0.15) is 33.1 Å². The minimum Gasteiger partial charge on any atom is -0.657 e. The number of nitrogens with zero attached hydrogens (tertiary/aromatic N) is 4. The van der Waals surface area contributed by atoms with Crippen LogP contribution in [0.4, 0.5) is 0 Å². The summed E-state index contributed by atoms with van der Waals surface area (Å²) in [7, 11) is 1.38. The van der Waals surface area contributed by atoms with Gasteiger partial charge in [-0.25, -0.2) is 14.8 Å². The molecule has 0 spiro atoms. The summed E-state index contributed by atoms with van der Waals surface area (Å²) in [6.45, 7) is 0. The van der Waals surface area contributed by atoms with Crippen LogP contribution in [0.3, 0.4) is 0 Å². The number of aromatic nitrogens is 4. The summed E-state index contributed by atoms with van der Waals surface area (Å²) in [5.41, 5.74) is 14.4. The van der Waals surface area contributed by atoms with Gasteiger partial charge in [0.25, 0.3) is 0 Å². The molecule has 0 unspecified atom stereocenters. The molecule has 0 saturated heterocycles. The zero-order valence-electron chi connectivity index (χ0n) is 28.9. The van der Waals surface area contributed by atoms with E-state index >= 15 is 0 Å². The van der Waals surface area contributed by atoms with Crippen molar-refractivity contribution in [2.45, 2.75) is 0 Å². The van der Waals surface area contributed by atoms with Crippen molar-refractivity contribution in [3.8, 4) is 44.5 Å². The molecule has 2 aliphatic rings. The summed E-state index contributed by atoms with van der Waals surface area (Å²) in [6, 6.07) is 46.4. The minimum atomic E-state index is -0.392. The van der Waals surface area contributed by atoms with Gasteiger partial charge in [0.05, 0.1) is 35.4 Å². The molecule has 0 atom stereocenters. The van der Waals surface area contributed by atoms with E-state index in [1.165, 1.54) is 7.11 Å². The molecule has 2 aliphatic heterocycles. The monoisotopic (exact) mass is 734 g/mol. The van der Waals surface area contributed by atoms with Gasteiger partial charge in [0.2, 0.25) is 0 Å². The molecule has 0 aliphatic carbocycles. The number of carbonyl (C=O) groups is 1. The predicted molar refractivity (Wildman–Crippen MR) is 210 cm³/mol. The van der Waals surface area contributed by atoms with Crippen molar-refractivity contribution in [3.63, 3.8) is 0 Å². The van der Waals surface area contributed by atoms with Gasteiger partial charge in [-0.05, 0) is 80.9 Å². The largest absolute Gasteiger partial charge is 2.00 e. The van der Waals surface area contributed by atoms with Gasteiger partial charge in [0.15, 0.2) is 0 Å². The Morgan fingerprint density at radius 1 is 0.434 bits per heavy atom. The summed E-state index contributed by atoms with van der Waals surface area (Å²) in [5.74, 6) is -0.392. The van der Waals surface area contributed by atoms with Gasteiger partial charge >= 0.3 is 25.4 Å². The standard InChI is InChI=1S/C46H31N4O2.Zn/c1-52-46(51)33-19-17-32(18-20-33)45-40-27-25-38(49-40)43(30-13-7-3-8-14-30)36-23-21-34(47-36)42(29-11-5-2-6-12-29)35-22-24-37(48-35)44(31-15-9-4-10-16-31)39-26-28-41(45)50-39;/h2-28H,1H3,(H-,47,48,49,50,51);/q-1;+2/p-1. The molecule has 248 valence electrons. The van der Waals surface area contributed by atoms with Crippen LogP contribution in [0.2, 0.25) is 0 Å². The molecule has 0 radical (unpaired) electrons. The van der Waals surface area contributed by atoms with E-state index in [4.69, 9.17) is 24.7 Å². The molecule has 7 heteroatoms. The fourth-order valence-corrected chi connectivity index (χ4v) is 6.98. The normalized spacial score (nSPS) is 11.6. The molecule has 4 aromatic carbocycles. The molecule has 0 N–H and O–H groups in total. The third kappa shape index (κ3) is 6.26. The van der Waals surface area contributed by atoms with Gasteiger partial charge in [0, 0.05) is 0 Å². The van der Waals surface area contributed by atoms with E-state index in [0.717, 1.165) is 89.4 Å². The Morgan fingerprint density at radius 3 is 1.04 bits per heavy atom. The second-order valence-corrected chi connectivity index (χ2v) is 12.5. The Bertz CT molecular complexity index is 2680. The molecule has 8 bridgehead atoms. The average molecular weight is 736 g/mol. The number of esters is 1. The van der Waals surface area contributed by atoms with Crippen LogP contribution in [-0.4, -0.2) is 23.0 Å². The molecule has 9 rings (SSSR count). The van der Waals surface area contributed by atoms with Gasteiger partial charge in [-0.3, -0.25) is 0 Å². The van der Waals surface area contributed by atoms with Crippen molar-refractivity contribution >= 4 is 52.3 Å². The molecule has 7 aromatic rings. The molecule has 0 amide bonds. The number of benzene rings is 4. The Hall–Kier alpha value is -6.43. The first-order valence-electron chi connectivity index (χ1n) is 17.1. The number of hydrogen-bond acceptors (Lipinski definition) is 4. The Kier molecular flexibility index (Phi) is 9.09. The third-order valence-electron chi connectivity index (χ3n) is 9.39. The maximum absolute atomic E-state index is 12.3. The zero-order valence-corrected chi connectivity index (χ0v) is 31.9. The van der Waals surface area contributed by atoms with Crippen LogP contribution < -0.4 is 9.97 Å². The molecule has 6 nitrogen and oxygen atoms in total. The first kappa shape index (κ1) is 33.7. The number of rotatable bonds is 5. The van der Waals surface area contributed by atoms with Crippen molar-refractivity contribution in [1.82, 2.24) is 19.9 Å². The molecule has 0 fully saturated rings. The number of carbonyl (C=O) groups excluding carboxylic acids is 1. The Morgan fingerprint density at radius 2 is 0.736 bits per heavy atom. The minimum absolute atomic E-state index is 0. The fourth-order valence-electron chi connectivity index (χ4n) is 6.98. The molecular formula is C46H30N4O2Zn. The van der Waals surface area contributed by atoms with Crippen LogP contribution in [0.15, 0.2) is 140 Å². The van der Waals surface area contributed by atoms with Crippen molar-refractivity contribution in [1.29, 1.82) is 0 Å². The van der Waals surface area contributed by atoms with E-state index in [9.17, 15) is 4.79 Å². The first-order chi connectivity index (χ1) is 25.6. The summed E-state index contributed by atoms with van der Waals surface area (Å²) >= 11 is 0. The van der Waals surface area contributed by atoms with E-state index in [1.54, 1.807) is 12.1 Å². The van der Waals surface area contributed by atoms with Gasteiger partial charge in [-0.1, -0.05) is 127 Å². The van der Waals surface area contributed by atoms with E-state index in [2.05, 4.69) is 60.7 Å². The van der Waals surface area contributed by atoms with Crippen molar-refractivity contribution in [3.05, 3.63) is 168 Å². The topological polar surface area (TPSA) is 80.3 Å². The number of methoxy groups -OCH3 is 1. The molecule has 5 heterocycles. The Labute approximate surface area is 319 Å². The second kappa shape index (κ2) is 14.3. The third-order valence-corrected chi connectivity index (χ3v) is 9.39. The van der Waals surface area contributed by atoms with Gasteiger partial charge in [-0.2, -0.15) is 0 Å². The summed E-state index contributed by atoms with van der Waals surface area (Å²) in [5, 5.41) is 0. The van der Waals surface area contributed by atoms with Gasteiger partial charge in [-0.15, -0.1) is 22.1 Å². The smallest absolute Gasteiger partial charge is 0.657 e.